The molecule has 0 aromatic heterocycles. The summed E-state index contributed by atoms with van der Waals surface area (Å²) in [7, 11) is 0. The van der Waals surface area contributed by atoms with E-state index >= 15 is 0 Å². The summed E-state index contributed by atoms with van der Waals surface area (Å²) in [5.41, 5.74) is 13.7. The van der Waals surface area contributed by atoms with Gasteiger partial charge in [-0.05, 0) is 34.8 Å². The molecule has 6 rings (SSSR count). The van der Waals surface area contributed by atoms with E-state index in [4.69, 9.17) is 0 Å². The number of allylic oxidation sites excluding steroid dienone is 5. The second-order valence-corrected chi connectivity index (χ2v) is 8.40. The third-order valence-electron chi connectivity index (χ3n) is 5.98. The lowest BCUT2D eigenvalue weighted by Crippen LogP contribution is -2.44. The predicted molar refractivity (Wildman–Crippen MR) is 104 cm³/mol. The maximum atomic E-state index is 3.88. The molecule has 1 saturated heterocycles. The van der Waals surface area contributed by atoms with E-state index in [1.54, 1.807) is 0 Å². The first-order valence-corrected chi connectivity index (χ1v) is 9.85. The number of benzene rings is 1. The predicted octanol–water partition coefficient (Wildman–Crippen LogP) is 3.96. The number of anilines is 1. The van der Waals surface area contributed by atoms with Crippen molar-refractivity contribution in [3.05, 3.63) is 69.8 Å². The minimum Gasteiger partial charge on any atom is -0.307 e. The molecule has 3 aliphatic heterocycles. The van der Waals surface area contributed by atoms with Crippen molar-refractivity contribution in [2.45, 2.75) is 19.3 Å². The Morgan fingerprint density at radius 1 is 1.24 bits per heavy atom. The van der Waals surface area contributed by atoms with Gasteiger partial charge in [0.05, 0.1) is 28.8 Å². The first kappa shape index (κ1) is 14.4. The monoisotopic (exact) mass is 395 g/mol. The lowest BCUT2D eigenvalue weighted by Gasteiger charge is -2.35. The normalized spacial score (nSPS) is 29.2. The fourth-order valence-corrected chi connectivity index (χ4v) is 5.45. The molecule has 3 heterocycles. The van der Waals surface area contributed by atoms with Crippen LogP contribution >= 0.6 is 15.9 Å². The summed E-state index contributed by atoms with van der Waals surface area (Å²) in [5, 5.41) is 0. The van der Waals surface area contributed by atoms with Crippen molar-refractivity contribution >= 4 is 27.3 Å². The van der Waals surface area contributed by atoms with Gasteiger partial charge in [0.25, 0.3) is 0 Å². The van der Waals surface area contributed by atoms with Crippen molar-refractivity contribution in [2.24, 2.45) is 5.92 Å². The number of nitrogens with zero attached hydrogens (tertiary/aromatic N) is 2. The van der Waals surface area contributed by atoms with Gasteiger partial charge in [0, 0.05) is 18.4 Å². The molecule has 0 amide bonds. The van der Waals surface area contributed by atoms with Gasteiger partial charge in [0.15, 0.2) is 11.4 Å². The van der Waals surface area contributed by atoms with E-state index in [2.05, 4.69) is 74.3 Å². The zero-order valence-electron chi connectivity index (χ0n) is 13.9. The SMILES string of the molecule is BrC1=C[N+]2(CC3CC3)C3=C1C=CCC3=C1NNCN1c1ccccc12. The minimum absolute atomic E-state index is 0.802. The fourth-order valence-electron chi connectivity index (χ4n) is 4.78. The molecule has 1 unspecified atom stereocenters. The van der Waals surface area contributed by atoms with Gasteiger partial charge in [-0.25, -0.2) is 9.91 Å². The third kappa shape index (κ3) is 1.83. The molecule has 0 bridgehead atoms. The Labute approximate surface area is 155 Å². The van der Waals surface area contributed by atoms with E-state index in [9.17, 15) is 0 Å². The maximum Gasteiger partial charge on any atom is 0.166 e. The molecule has 0 spiro atoms. The molecular formula is C20H20BrN4+. The Balaban J connectivity index is 1.72. The van der Waals surface area contributed by atoms with Gasteiger partial charge in [-0.15, -0.1) is 0 Å². The van der Waals surface area contributed by atoms with Crippen LogP contribution in [-0.2, 0) is 0 Å². The largest absolute Gasteiger partial charge is 0.307 e. The minimum atomic E-state index is 0.802. The van der Waals surface area contributed by atoms with Crippen LogP contribution in [0.1, 0.15) is 19.3 Å². The van der Waals surface area contributed by atoms with Gasteiger partial charge in [0.1, 0.15) is 17.7 Å². The highest BCUT2D eigenvalue weighted by molar-refractivity contribution is 9.12. The lowest BCUT2D eigenvalue weighted by atomic mass is 9.96. The van der Waals surface area contributed by atoms with Crippen LogP contribution in [0.4, 0.5) is 11.4 Å². The number of halogens is 1. The van der Waals surface area contributed by atoms with Crippen molar-refractivity contribution in [1.29, 1.82) is 0 Å². The summed E-state index contributed by atoms with van der Waals surface area (Å²) in [6.45, 7) is 1.97. The Bertz CT molecular complexity index is 921. The molecular weight excluding hydrogens is 376 g/mol. The van der Waals surface area contributed by atoms with Crippen LogP contribution in [-0.4, -0.2) is 13.2 Å². The molecule has 2 N–H and O–H groups in total. The zero-order valence-corrected chi connectivity index (χ0v) is 15.5. The van der Waals surface area contributed by atoms with E-state index in [1.807, 2.05) is 0 Å². The van der Waals surface area contributed by atoms with Crippen molar-refractivity contribution in [1.82, 2.24) is 15.3 Å². The first-order chi connectivity index (χ1) is 12.3. The number of fused-ring (bicyclic) bond motifs is 4. The van der Waals surface area contributed by atoms with Gasteiger partial charge in [-0.3, -0.25) is 0 Å². The zero-order chi connectivity index (χ0) is 16.6. The standard InChI is InChI=1S/C20H20BrN4/c21-16-11-25(10-13-8-9-13)18-7-2-1-6-17(18)24-12-22-23-20(24)15-5-3-4-14(16)19(15)25/h1-4,6-7,11,13,22-23H,5,8-10,12H2/q+1. The highest BCUT2D eigenvalue weighted by Crippen LogP contribution is 2.55. The molecule has 1 atom stereocenters. The topological polar surface area (TPSA) is 27.3 Å². The van der Waals surface area contributed by atoms with Crippen LogP contribution < -0.4 is 20.2 Å². The number of quaternary nitrogens is 1. The quantitative estimate of drug-likeness (QED) is 0.741. The van der Waals surface area contributed by atoms with E-state index in [0.29, 0.717) is 0 Å². The number of rotatable bonds is 2. The molecule has 1 aromatic rings. The Morgan fingerprint density at radius 3 is 3.00 bits per heavy atom. The van der Waals surface area contributed by atoms with Crippen molar-refractivity contribution < 1.29 is 0 Å². The number of hydrogen-bond donors (Lipinski definition) is 2. The molecule has 0 radical (unpaired) electrons. The van der Waals surface area contributed by atoms with E-state index in [-0.39, 0.29) is 0 Å². The summed E-state index contributed by atoms with van der Waals surface area (Å²) in [4.78, 5) is 2.40. The number of para-hydroxylation sites is 2. The lowest BCUT2D eigenvalue weighted by molar-refractivity contribution is 0.440. The van der Waals surface area contributed by atoms with Crippen molar-refractivity contribution in [3.8, 4) is 0 Å². The molecule has 2 fully saturated rings. The Morgan fingerprint density at radius 2 is 2.12 bits per heavy atom. The van der Waals surface area contributed by atoms with Crippen LogP contribution in [0, 0.1) is 5.92 Å². The van der Waals surface area contributed by atoms with Gasteiger partial charge < -0.3 is 10.3 Å². The molecule has 5 aliphatic rings. The molecule has 2 aliphatic carbocycles. The number of hydrogen-bond acceptors (Lipinski definition) is 3. The van der Waals surface area contributed by atoms with Gasteiger partial charge >= 0.3 is 0 Å². The number of nitrogens with one attached hydrogen (secondary N) is 2. The van der Waals surface area contributed by atoms with Crippen LogP contribution in [0.3, 0.4) is 0 Å². The second kappa shape index (κ2) is 4.87. The molecule has 126 valence electrons. The highest BCUT2D eigenvalue weighted by atomic mass is 79.9. The molecule has 1 aromatic carbocycles. The Hall–Kier alpha value is -1.82. The fraction of sp³-hybridized carbons (Fsp3) is 0.300. The van der Waals surface area contributed by atoms with Gasteiger partial charge in [-0.2, -0.15) is 0 Å². The van der Waals surface area contributed by atoms with E-state index in [0.717, 1.165) is 30.0 Å². The second-order valence-electron chi connectivity index (χ2n) is 7.54. The van der Waals surface area contributed by atoms with Gasteiger partial charge in [-0.1, -0.05) is 24.3 Å². The summed E-state index contributed by atoms with van der Waals surface area (Å²) in [6, 6.07) is 8.93. The molecule has 5 heteroatoms. The number of hydrazine groups is 1. The Kier molecular flexibility index (Phi) is 2.80. The summed E-state index contributed by atoms with van der Waals surface area (Å²) < 4.78 is 2.09. The van der Waals surface area contributed by atoms with Crippen LogP contribution in [0.5, 0.6) is 0 Å². The first-order valence-electron chi connectivity index (χ1n) is 9.05. The maximum absolute atomic E-state index is 3.88. The van der Waals surface area contributed by atoms with Crippen LogP contribution in [0.15, 0.2) is 69.8 Å². The average Bonchev–Trinajstić information content (AvgIpc) is 3.24. The highest BCUT2D eigenvalue weighted by Gasteiger charge is 2.52. The molecule has 4 nitrogen and oxygen atoms in total. The van der Waals surface area contributed by atoms with Gasteiger partial charge in [0.2, 0.25) is 0 Å². The van der Waals surface area contributed by atoms with Crippen molar-refractivity contribution in [3.63, 3.8) is 0 Å². The van der Waals surface area contributed by atoms with Crippen LogP contribution in [0.25, 0.3) is 0 Å². The smallest absolute Gasteiger partial charge is 0.166 e. The molecule has 25 heavy (non-hydrogen) atoms. The average molecular weight is 396 g/mol. The van der Waals surface area contributed by atoms with E-state index in [1.165, 1.54) is 51.4 Å². The molecule has 1 saturated carbocycles. The summed E-state index contributed by atoms with van der Waals surface area (Å²) >= 11 is 3.88. The summed E-state index contributed by atoms with van der Waals surface area (Å²) in [5.74, 6) is 2.04. The third-order valence-corrected chi connectivity index (χ3v) is 6.61. The summed E-state index contributed by atoms with van der Waals surface area (Å²) in [6.07, 6.45) is 10.7. The van der Waals surface area contributed by atoms with E-state index < -0.39 is 0 Å². The van der Waals surface area contributed by atoms with Crippen LogP contribution in [0.2, 0.25) is 0 Å². The van der Waals surface area contributed by atoms with Crippen molar-refractivity contribution in [2.75, 3.05) is 18.1 Å².